The molecule has 1 aliphatic rings. The van der Waals surface area contributed by atoms with Crippen molar-refractivity contribution in [3.05, 3.63) is 108 Å². The van der Waals surface area contributed by atoms with Gasteiger partial charge in [0.1, 0.15) is 24.4 Å². The van der Waals surface area contributed by atoms with E-state index in [4.69, 9.17) is 18.9 Å². The number of rotatable bonds is 18. The fourth-order valence-electron chi connectivity index (χ4n) is 5.75. The second-order valence-electron chi connectivity index (χ2n) is 11.7. The van der Waals surface area contributed by atoms with Crippen LogP contribution in [0.4, 0.5) is 0 Å². The first-order chi connectivity index (χ1) is 21.5. The summed E-state index contributed by atoms with van der Waals surface area (Å²) in [5.74, 6) is -0.215. The van der Waals surface area contributed by atoms with Crippen LogP contribution in [0.1, 0.15) is 69.1 Å². The van der Waals surface area contributed by atoms with Crippen molar-refractivity contribution in [3.8, 4) is 0 Å². The summed E-state index contributed by atoms with van der Waals surface area (Å²) >= 11 is 0. The van der Waals surface area contributed by atoms with Gasteiger partial charge in [-0.15, -0.1) is 0 Å². The number of hydrogen-bond acceptors (Lipinski definition) is 6. The topological polar surface area (TPSA) is 86.2 Å². The number of ether oxygens (including phenoxy) is 4. The van der Waals surface area contributed by atoms with Crippen molar-refractivity contribution >= 4 is 5.91 Å². The van der Waals surface area contributed by atoms with Crippen molar-refractivity contribution < 1.29 is 28.8 Å². The van der Waals surface area contributed by atoms with E-state index in [0.29, 0.717) is 26.2 Å². The number of carbonyl (C=O) groups is 1. The molecule has 3 aromatic rings. The Labute approximate surface area is 262 Å². The summed E-state index contributed by atoms with van der Waals surface area (Å²) in [6.45, 7) is 5.00. The van der Waals surface area contributed by atoms with Gasteiger partial charge < -0.3 is 29.4 Å². The van der Waals surface area contributed by atoms with Crippen molar-refractivity contribution in [1.82, 2.24) is 5.32 Å². The average molecular weight is 604 g/mol. The second-order valence-corrected chi connectivity index (χ2v) is 11.7. The van der Waals surface area contributed by atoms with Gasteiger partial charge >= 0.3 is 0 Å². The van der Waals surface area contributed by atoms with Gasteiger partial charge in [-0.3, -0.25) is 4.79 Å². The third-order valence-electron chi connectivity index (χ3n) is 8.05. The van der Waals surface area contributed by atoms with Crippen LogP contribution in [0.5, 0.6) is 0 Å². The molecule has 0 saturated carbocycles. The summed E-state index contributed by atoms with van der Waals surface area (Å²) in [7, 11) is 0. The number of benzene rings is 3. The van der Waals surface area contributed by atoms with E-state index in [0.717, 1.165) is 42.4 Å². The Morgan fingerprint density at radius 1 is 0.773 bits per heavy atom. The molecular weight excluding hydrogens is 554 g/mol. The van der Waals surface area contributed by atoms with Crippen molar-refractivity contribution in [3.63, 3.8) is 0 Å². The minimum Gasteiger partial charge on any atom is -0.390 e. The standard InChI is InChI=1S/C37H49NO6/c1-3-4-5-6-16-23-32(40)35-34(38-28(2)39)37(43-26-31-21-14-9-15-22-31)36(42-25-30-19-12-8-13-20-30)33(44-35)27-41-24-29-17-10-7-11-18-29/h7-15,17-22,32-37,40H,3-6,16,23-27H2,1-2H3,(H,38,39)/t32?,33-,34+,35-,36+,37-/m1/s1. The van der Waals surface area contributed by atoms with E-state index in [2.05, 4.69) is 12.2 Å². The van der Waals surface area contributed by atoms with E-state index in [1.807, 2.05) is 91.0 Å². The molecular formula is C37H49NO6. The summed E-state index contributed by atoms with van der Waals surface area (Å²) < 4.78 is 26.1. The number of hydrogen-bond donors (Lipinski definition) is 2. The van der Waals surface area contributed by atoms with Crippen LogP contribution >= 0.6 is 0 Å². The van der Waals surface area contributed by atoms with Crippen LogP contribution < -0.4 is 5.32 Å². The molecule has 1 unspecified atom stereocenters. The van der Waals surface area contributed by atoms with Crippen molar-refractivity contribution in [2.24, 2.45) is 0 Å². The first-order valence-corrected chi connectivity index (χ1v) is 16.1. The van der Waals surface area contributed by atoms with Gasteiger partial charge in [-0.05, 0) is 23.1 Å². The Hall–Kier alpha value is -3.07. The molecule has 1 heterocycles. The highest BCUT2D eigenvalue weighted by atomic mass is 16.6. The zero-order valence-corrected chi connectivity index (χ0v) is 26.2. The normalized spacial score (nSPS) is 22.4. The zero-order valence-electron chi connectivity index (χ0n) is 26.2. The number of aliphatic hydroxyl groups excluding tert-OH is 1. The second kappa shape index (κ2) is 18.7. The lowest BCUT2D eigenvalue weighted by Gasteiger charge is -2.48. The van der Waals surface area contributed by atoms with E-state index in [9.17, 15) is 9.90 Å². The van der Waals surface area contributed by atoms with Gasteiger partial charge in [0.2, 0.25) is 5.91 Å². The van der Waals surface area contributed by atoms with Gasteiger partial charge in [0.15, 0.2) is 0 Å². The maximum atomic E-state index is 12.6. The van der Waals surface area contributed by atoms with Gasteiger partial charge in [-0.2, -0.15) is 0 Å². The van der Waals surface area contributed by atoms with Crippen LogP contribution in [0.2, 0.25) is 0 Å². The minimum absolute atomic E-state index is 0.215. The summed E-state index contributed by atoms with van der Waals surface area (Å²) in [6.07, 6.45) is 2.80. The Morgan fingerprint density at radius 3 is 1.84 bits per heavy atom. The molecule has 7 heteroatoms. The van der Waals surface area contributed by atoms with Gasteiger partial charge in [0.25, 0.3) is 0 Å². The lowest BCUT2D eigenvalue weighted by Crippen LogP contribution is -2.67. The highest BCUT2D eigenvalue weighted by Crippen LogP contribution is 2.31. The molecule has 44 heavy (non-hydrogen) atoms. The first-order valence-electron chi connectivity index (χ1n) is 16.1. The van der Waals surface area contributed by atoms with Crippen molar-refractivity contribution in [2.45, 2.75) is 109 Å². The average Bonchev–Trinajstić information content (AvgIpc) is 3.04. The van der Waals surface area contributed by atoms with Crippen LogP contribution in [0.3, 0.4) is 0 Å². The summed E-state index contributed by atoms with van der Waals surface area (Å²) in [5.41, 5.74) is 3.08. The molecule has 0 aliphatic carbocycles. The van der Waals surface area contributed by atoms with Crippen molar-refractivity contribution in [2.75, 3.05) is 6.61 Å². The fourth-order valence-corrected chi connectivity index (χ4v) is 5.75. The molecule has 6 atom stereocenters. The quantitative estimate of drug-likeness (QED) is 0.165. The van der Waals surface area contributed by atoms with Gasteiger partial charge in [0.05, 0.1) is 38.6 Å². The molecule has 0 bridgehead atoms. The molecule has 1 fully saturated rings. The van der Waals surface area contributed by atoms with E-state index >= 15 is 0 Å². The maximum absolute atomic E-state index is 12.6. The molecule has 1 amide bonds. The van der Waals surface area contributed by atoms with Crippen LogP contribution in [-0.4, -0.2) is 54.2 Å². The number of unbranched alkanes of at least 4 members (excludes halogenated alkanes) is 4. The Bertz CT molecular complexity index is 1190. The van der Waals surface area contributed by atoms with Crippen LogP contribution in [0.15, 0.2) is 91.0 Å². The smallest absolute Gasteiger partial charge is 0.217 e. The van der Waals surface area contributed by atoms with E-state index in [1.165, 1.54) is 13.3 Å². The molecule has 7 nitrogen and oxygen atoms in total. The summed E-state index contributed by atoms with van der Waals surface area (Å²) in [4.78, 5) is 12.6. The number of amides is 1. The molecule has 0 radical (unpaired) electrons. The Morgan fingerprint density at radius 2 is 1.30 bits per heavy atom. The predicted molar refractivity (Wildman–Crippen MR) is 172 cm³/mol. The third-order valence-corrected chi connectivity index (χ3v) is 8.05. The van der Waals surface area contributed by atoms with E-state index in [1.54, 1.807) is 0 Å². The van der Waals surface area contributed by atoms with E-state index < -0.39 is 36.6 Å². The SMILES string of the molecule is CCCCCCCC(O)[C@H]1O[C@H](COCc2ccccc2)[C@H](OCc2ccccc2)[C@H](OCc2ccccc2)[C@H]1NC(C)=O. The molecule has 0 spiro atoms. The highest BCUT2D eigenvalue weighted by Gasteiger charge is 2.50. The molecule has 4 rings (SSSR count). The Kier molecular flexibility index (Phi) is 14.3. The minimum atomic E-state index is -0.789. The molecule has 1 aliphatic heterocycles. The largest absolute Gasteiger partial charge is 0.390 e. The summed E-state index contributed by atoms with van der Waals surface area (Å²) in [6, 6.07) is 29.3. The van der Waals surface area contributed by atoms with Crippen LogP contribution in [0.25, 0.3) is 0 Å². The molecule has 2 N–H and O–H groups in total. The van der Waals surface area contributed by atoms with Gasteiger partial charge in [0, 0.05) is 6.92 Å². The zero-order chi connectivity index (χ0) is 31.0. The monoisotopic (exact) mass is 603 g/mol. The number of carbonyl (C=O) groups excluding carboxylic acids is 1. The highest BCUT2D eigenvalue weighted by molar-refractivity contribution is 5.73. The molecule has 0 aromatic heterocycles. The molecule has 238 valence electrons. The fraction of sp³-hybridized carbons (Fsp3) is 0.486. The number of nitrogens with one attached hydrogen (secondary N) is 1. The third kappa shape index (κ3) is 10.8. The molecule has 1 saturated heterocycles. The predicted octanol–water partition coefficient (Wildman–Crippen LogP) is 6.37. The van der Waals surface area contributed by atoms with Crippen LogP contribution in [0, 0.1) is 0 Å². The van der Waals surface area contributed by atoms with Gasteiger partial charge in [-0.1, -0.05) is 130 Å². The lowest BCUT2D eigenvalue weighted by molar-refractivity contribution is -0.248. The lowest BCUT2D eigenvalue weighted by atomic mass is 9.87. The first kappa shape index (κ1) is 33.8. The summed E-state index contributed by atoms with van der Waals surface area (Å²) in [5, 5.41) is 14.6. The molecule has 3 aromatic carbocycles. The van der Waals surface area contributed by atoms with Crippen LogP contribution in [-0.2, 0) is 43.6 Å². The maximum Gasteiger partial charge on any atom is 0.217 e. The van der Waals surface area contributed by atoms with E-state index in [-0.39, 0.29) is 12.5 Å². The number of aliphatic hydroxyl groups is 1. The van der Waals surface area contributed by atoms with Gasteiger partial charge in [-0.25, -0.2) is 0 Å². The Balaban J connectivity index is 1.60. The van der Waals surface area contributed by atoms with Crippen molar-refractivity contribution in [1.29, 1.82) is 0 Å².